The summed E-state index contributed by atoms with van der Waals surface area (Å²) >= 11 is 0. The summed E-state index contributed by atoms with van der Waals surface area (Å²) in [6.45, 7) is 5.44. The van der Waals surface area contributed by atoms with E-state index in [0.717, 1.165) is 18.5 Å². The normalized spacial score (nSPS) is 13.9. The van der Waals surface area contributed by atoms with Gasteiger partial charge in [0.1, 0.15) is 0 Å². The van der Waals surface area contributed by atoms with Gasteiger partial charge >= 0.3 is 0 Å². The molecule has 2 aromatic carbocycles. The van der Waals surface area contributed by atoms with E-state index in [1.165, 1.54) is 11.1 Å². The van der Waals surface area contributed by atoms with E-state index in [4.69, 9.17) is 0 Å². The Morgan fingerprint density at radius 3 is 2.32 bits per heavy atom. The molecule has 0 spiro atoms. The lowest BCUT2D eigenvalue weighted by Crippen LogP contribution is -2.38. The fourth-order valence-electron chi connectivity index (χ4n) is 3.65. The van der Waals surface area contributed by atoms with Crippen LogP contribution in [-0.4, -0.2) is 48.1 Å². The van der Waals surface area contributed by atoms with E-state index in [2.05, 4.69) is 27.8 Å². The second-order valence-corrected chi connectivity index (χ2v) is 7.56. The number of fused-ring (bicyclic) bond motifs is 1. The zero-order valence-corrected chi connectivity index (χ0v) is 20.4. The molecule has 0 fully saturated rings. The average Bonchev–Trinajstić information content (AvgIpc) is 3.22. The molecule has 0 aliphatic carbocycles. The molecule has 1 amide bonds. The van der Waals surface area contributed by atoms with Gasteiger partial charge < -0.3 is 20.6 Å². The number of carbonyl (C=O) groups excluding carboxylic acids is 1. The average molecular weight is 536 g/mol. The maximum atomic E-state index is 12.5. The molecule has 0 aromatic heterocycles. The maximum Gasteiger partial charge on any atom is 0.223 e. The van der Waals surface area contributed by atoms with Crippen molar-refractivity contribution in [2.75, 3.05) is 26.2 Å². The molecule has 3 rings (SSSR count). The predicted molar refractivity (Wildman–Crippen MR) is 136 cm³/mol. The second kappa shape index (κ2) is 13.3. The topological polar surface area (TPSA) is 77.0 Å². The number of amides is 1. The van der Waals surface area contributed by atoms with Gasteiger partial charge in [-0.2, -0.15) is 0 Å². The Bertz CT molecular complexity index is 819. The largest absolute Gasteiger partial charge is 0.396 e. The molecule has 7 heteroatoms. The molecule has 168 valence electrons. The van der Waals surface area contributed by atoms with Crippen molar-refractivity contribution in [1.82, 2.24) is 15.5 Å². The Hall–Kier alpha value is -2.13. The number of aliphatic hydroxyl groups excluding tert-OH is 1. The molecule has 1 unspecified atom stereocenters. The Labute approximate surface area is 202 Å². The number of nitrogens with zero attached hydrogens (tertiary/aromatic N) is 2. The van der Waals surface area contributed by atoms with Crippen molar-refractivity contribution in [3.05, 3.63) is 71.3 Å². The van der Waals surface area contributed by atoms with Crippen LogP contribution in [0.25, 0.3) is 0 Å². The Morgan fingerprint density at radius 2 is 1.71 bits per heavy atom. The standard InChI is InChI=1S/C24H32N4O2.HI/c1-2-25-24(27-15-22(18-29)19-9-4-3-5-10-19)26-14-8-13-23(30)28-16-20-11-6-7-12-21(20)17-28;/h3-7,9-12,22,29H,2,8,13-18H2,1H3,(H2,25,26,27);1H. The summed E-state index contributed by atoms with van der Waals surface area (Å²) in [5.41, 5.74) is 3.58. The zero-order chi connectivity index (χ0) is 21.2. The lowest BCUT2D eigenvalue weighted by Gasteiger charge is -2.17. The van der Waals surface area contributed by atoms with E-state index < -0.39 is 0 Å². The van der Waals surface area contributed by atoms with Crippen LogP contribution in [0.5, 0.6) is 0 Å². The number of benzene rings is 2. The number of hydrogen-bond donors (Lipinski definition) is 3. The van der Waals surface area contributed by atoms with E-state index in [1.807, 2.05) is 54.3 Å². The highest BCUT2D eigenvalue weighted by atomic mass is 127. The summed E-state index contributed by atoms with van der Waals surface area (Å²) in [5, 5.41) is 16.2. The third-order valence-corrected chi connectivity index (χ3v) is 5.36. The molecule has 1 heterocycles. The van der Waals surface area contributed by atoms with Crippen molar-refractivity contribution in [2.45, 2.75) is 38.8 Å². The summed E-state index contributed by atoms with van der Waals surface area (Å²) < 4.78 is 0. The first kappa shape index (κ1) is 25.1. The van der Waals surface area contributed by atoms with Crippen LogP contribution >= 0.6 is 24.0 Å². The minimum Gasteiger partial charge on any atom is -0.396 e. The lowest BCUT2D eigenvalue weighted by molar-refractivity contribution is -0.131. The van der Waals surface area contributed by atoms with Crippen molar-refractivity contribution >= 4 is 35.8 Å². The van der Waals surface area contributed by atoms with Gasteiger partial charge in [0.15, 0.2) is 5.96 Å². The molecule has 31 heavy (non-hydrogen) atoms. The van der Waals surface area contributed by atoms with Gasteiger partial charge in [0.25, 0.3) is 0 Å². The Morgan fingerprint density at radius 1 is 1.06 bits per heavy atom. The first-order valence-electron chi connectivity index (χ1n) is 10.7. The molecule has 0 bridgehead atoms. The molecule has 3 N–H and O–H groups in total. The number of hydrogen-bond acceptors (Lipinski definition) is 3. The third kappa shape index (κ3) is 7.50. The number of rotatable bonds is 9. The molecule has 1 atom stereocenters. The fraction of sp³-hybridized carbons (Fsp3) is 0.417. The van der Waals surface area contributed by atoms with Crippen LogP contribution < -0.4 is 10.6 Å². The molecule has 1 aliphatic rings. The summed E-state index contributed by atoms with van der Waals surface area (Å²) in [4.78, 5) is 19.1. The predicted octanol–water partition coefficient (Wildman–Crippen LogP) is 3.26. The van der Waals surface area contributed by atoms with E-state index in [9.17, 15) is 9.90 Å². The van der Waals surface area contributed by atoms with E-state index in [0.29, 0.717) is 38.6 Å². The van der Waals surface area contributed by atoms with Crippen molar-refractivity contribution in [1.29, 1.82) is 0 Å². The summed E-state index contributed by atoms with van der Waals surface area (Å²) in [6.07, 6.45) is 1.27. The van der Waals surface area contributed by atoms with Crippen LogP contribution in [0.4, 0.5) is 0 Å². The number of nitrogens with one attached hydrogen (secondary N) is 2. The third-order valence-electron chi connectivity index (χ3n) is 5.36. The molecular weight excluding hydrogens is 503 g/mol. The quantitative estimate of drug-likeness (QED) is 0.199. The van der Waals surface area contributed by atoms with Crippen LogP contribution in [0, 0.1) is 0 Å². The monoisotopic (exact) mass is 536 g/mol. The highest BCUT2D eigenvalue weighted by molar-refractivity contribution is 14.0. The molecule has 0 radical (unpaired) electrons. The highest BCUT2D eigenvalue weighted by Crippen LogP contribution is 2.22. The van der Waals surface area contributed by atoms with E-state index in [1.54, 1.807) is 0 Å². The Kier molecular flexibility index (Phi) is 10.8. The molecule has 1 aliphatic heterocycles. The van der Waals surface area contributed by atoms with Gasteiger partial charge in [0.2, 0.25) is 5.91 Å². The SMILES string of the molecule is CCNC(=NCC(CO)c1ccccc1)NCCCC(=O)N1Cc2ccccc2C1.I. The van der Waals surface area contributed by atoms with Gasteiger partial charge in [0.05, 0.1) is 13.2 Å². The number of aliphatic hydroxyl groups is 1. The van der Waals surface area contributed by atoms with Gasteiger partial charge in [0, 0.05) is 38.5 Å². The molecule has 0 saturated carbocycles. The van der Waals surface area contributed by atoms with E-state index >= 15 is 0 Å². The Balaban J connectivity index is 0.00000341. The first-order chi connectivity index (χ1) is 14.7. The van der Waals surface area contributed by atoms with Crippen LogP contribution in [0.3, 0.4) is 0 Å². The van der Waals surface area contributed by atoms with E-state index in [-0.39, 0.29) is 42.4 Å². The van der Waals surface area contributed by atoms with Crippen LogP contribution in [0.2, 0.25) is 0 Å². The van der Waals surface area contributed by atoms with Crippen LogP contribution in [-0.2, 0) is 17.9 Å². The fourth-order valence-corrected chi connectivity index (χ4v) is 3.65. The molecule has 6 nitrogen and oxygen atoms in total. The van der Waals surface area contributed by atoms with Gasteiger partial charge in [-0.05, 0) is 30.0 Å². The van der Waals surface area contributed by atoms with Crippen molar-refractivity contribution in [3.63, 3.8) is 0 Å². The minimum atomic E-state index is -0.0277. The molecule has 2 aromatic rings. The van der Waals surface area contributed by atoms with Gasteiger partial charge in [-0.15, -0.1) is 24.0 Å². The smallest absolute Gasteiger partial charge is 0.223 e. The second-order valence-electron chi connectivity index (χ2n) is 7.56. The molecular formula is C24H33IN4O2. The maximum absolute atomic E-state index is 12.5. The zero-order valence-electron chi connectivity index (χ0n) is 18.1. The van der Waals surface area contributed by atoms with Gasteiger partial charge in [-0.1, -0.05) is 54.6 Å². The minimum absolute atomic E-state index is 0. The van der Waals surface area contributed by atoms with Crippen molar-refractivity contribution in [2.24, 2.45) is 4.99 Å². The van der Waals surface area contributed by atoms with Gasteiger partial charge in [-0.3, -0.25) is 9.79 Å². The van der Waals surface area contributed by atoms with Crippen molar-refractivity contribution < 1.29 is 9.90 Å². The number of carbonyl (C=O) groups is 1. The number of aliphatic imine (C=N–C) groups is 1. The summed E-state index contributed by atoms with van der Waals surface area (Å²) in [7, 11) is 0. The highest BCUT2D eigenvalue weighted by Gasteiger charge is 2.22. The summed E-state index contributed by atoms with van der Waals surface area (Å²) in [5.74, 6) is 0.882. The number of halogens is 1. The number of guanidine groups is 1. The first-order valence-corrected chi connectivity index (χ1v) is 10.7. The van der Waals surface area contributed by atoms with Crippen LogP contribution in [0.15, 0.2) is 59.6 Å². The van der Waals surface area contributed by atoms with Crippen molar-refractivity contribution in [3.8, 4) is 0 Å². The summed E-state index contributed by atoms with van der Waals surface area (Å²) in [6, 6.07) is 18.2. The lowest BCUT2D eigenvalue weighted by atomic mass is 10.0. The molecule has 0 saturated heterocycles. The van der Waals surface area contributed by atoms with Crippen LogP contribution in [0.1, 0.15) is 42.4 Å². The van der Waals surface area contributed by atoms with Gasteiger partial charge in [-0.25, -0.2) is 0 Å².